The van der Waals surface area contributed by atoms with E-state index in [0.717, 1.165) is 25.9 Å². The Morgan fingerprint density at radius 1 is 1.42 bits per heavy atom. The van der Waals surface area contributed by atoms with Crippen LogP contribution in [0.25, 0.3) is 0 Å². The molecule has 19 heavy (non-hydrogen) atoms. The molecule has 0 aromatic carbocycles. The van der Waals surface area contributed by atoms with E-state index in [1.807, 2.05) is 0 Å². The number of rotatable bonds is 3. The molecule has 0 aliphatic carbocycles. The lowest BCUT2D eigenvalue weighted by Gasteiger charge is -2.16. The third-order valence-electron chi connectivity index (χ3n) is 3.19. The lowest BCUT2D eigenvalue weighted by molar-refractivity contribution is 0.0527. The molecule has 0 saturated carbocycles. The number of nitrogens with one attached hydrogen (secondary N) is 2. The summed E-state index contributed by atoms with van der Waals surface area (Å²) in [6.07, 6.45) is 3.68. The second kappa shape index (κ2) is 5.77. The van der Waals surface area contributed by atoms with Crippen molar-refractivity contribution in [2.24, 2.45) is 0 Å². The molecule has 1 aliphatic rings. The van der Waals surface area contributed by atoms with E-state index in [2.05, 4.69) is 10.3 Å². The van der Waals surface area contributed by atoms with Crippen LogP contribution in [0.2, 0.25) is 0 Å². The highest BCUT2D eigenvalue weighted by Gasteiger charge is 2.22. The number of likely N-dealkylation sites (tertiary alicyclic amines) is 1. The van der Waals surface area contributed by atoms with Gasteiger partial charge in [-0.15, -0.1) is 0 Å². The van der Waals surface area contributed by atoms with Gasteiger partial charge in [-0.3, -0.25) is 0 Å². The molecule has 0 unspecified atom stereocenters. The van der Waals surface area contributed by atoms with E-state index < -0.39 is 5.97 Å². The molecule has 2 heterocycles. The minimum Gasteiger partial charge on any atom is -0.462 e. The zero-order chi connectivity index (χ0) is 13.8. The van der Waals surface area contributed by atoms with Gasteiger partial charge in [-0.25, -0.2) is 9.59 Å². The largest absolute Gasteiger partial charge is 0.462 e. The molecule has 6 heteroatoms. The van der Waals surface area contributed by atoms with Crippen molar-refractivity contribution in [2.45, 2.75) is 26.7 Å². The van der Waals surface area contributed by atoms with Gasteiger partial charge < -0.3 is 19.9 Å². The number of H-pyrrole nitrogens is 1. The topological polar surface area (TPSA) is 74.4 Å². The van der Waals surface area contributed by atoms with Gasteiger partial charge in [-0.1, -0.05) is 0 Å². The Balaban J connectivity index is 2.11. The van der Waals surface area contributed by atoms with E-state index >= 15 is 0 Å². The summed E-state index contributed by atoms with van der Waals surface area (Å²) in [6, 6.07) is -0.165. The molecule has 1 aromatic rings. The van der Waals surface area contributed by atoms with Crippen molar-refractivity contribution in [1.82, 2.24) is 9.88 Å². The number of amides is 2. The Morgan fingerprint density at radius 3 is 2.74 bits per heavy atom. The maximum atomic E-state index is 12.0. The molecule has 1 aliphatic heterocycles. The van der Waals surface area contributed by atoms with Crippen LogP contribution >= 0.6 is 0 Å². The van der Waals surface area contributed by atoms with Gasteiger partial charge in [-0.05, 0) is 26.7 Å². The summed E-state index contributed by atoms with van der Waals surface area (Å²) in [7, 11) is 0. The highest BCUT2D eigenvalue weighted by atomic mass is 16.5. The molecule has 1 saturated heterocycles. The highest BCUT2D eigenvalue weighted by molar-refractivity contribution is 6.01. The third kappa shape index (κ3) is 2.89. The molecule has 0 bridgehead atoms. The van der Waals surface area contributed by atoms with Crippen LogP contribution in [0.4, 0.5) is 10.5 Å². The Hall–Kier alpha value is -1.98. The Labute approximate surface area is 112 Å². The average Bonchev–Trinajstić information content (AvgIpc) is 2.99. The second-order valence-corrected chi connectivity index (χ2v) is 4.55. The van der Waals surface area contributed by atoms with Gasteiger partial charge in [0, 0.05) is 25.0 Å². The van der Waals surface area contributed by atoms with Crippen LogP contribution in [0.15, 0.2) is 6.20 Å². The zero-order valence-electron chi connectivity index (χ0n) is 11.3. The number of carbonyl (C=O) groups excluding carboxylic acids is 2. The molecule has 104 valence electrons. The van der Waals surface area contributed by atoms with Gasteiger partial charge in [-0.2, -0.15) is 0 Å². The van der Waals surface area contributed by atoms with Gasteiger partial charge >= 0.3 is 12.0 Å². The van der Waals surface area contributed by atoms with Crippen LogP contribution in [-0.2, 0) is 4.74 Å². The number of aromatic amines is 1. The molecule has 1 fully saturated rings. The average molecular weight is 265 g/mol. The summed E-state index contributed by atoms with van der Waals surface area (Å²) in [5.74, 6) is -0.419. The monoisotopic (exact) mass is 265 g/mol. The zero-order valence-corrected chi connectivity index (χ0v) is 11.3. The number of hydrogen-bond acceptors (Lipinski definition) is 3. The summed E-state index contributed by atoms with van der Waals surface area (Å²) in [5.41, 5.74) is 1.57. The summed E-state index contributed by atoms with van der Waals surface area (Å²) in [6.45, 7) is 5.37. The van der Waals surface area contributed by atoms with Gasteiger partial charge in [0.15, 0.2) is 0 Å². The first-order chi connectivity index (χ1) is 9.13. The van der Waals surface area contributed by atoms with Crippen LogP contribution in [0.1, 0.15) is 35.8 Å². The number of anilines is 1. The van der Waals surface area contributed by atoms with Crippen molar-refractivity contribution in [2.75, 3.05) is 25.0 Å². The molecule has 0 spiro atoms. The molecule has 2 rings (SSSR count). The minimum atomic E-state index is -0.419. The number of esters is 1. The summed E-state index contributed by atoms with van der Waals surface area (Å²) < 4.78 is 4.99. The van der Waals surface area contributed by atoms with Crippen LogP contribution < -0.4 is 5.32 Å². The maximum Gasteiger partial charge on any atom is 0.342 e. The molecule has 0 radical (unpaired) electrons. The number of aryl methyl sites for hydroxylation is 1. The number of ether oxygens (including phenoxy) is 1. The third-order valence-corrected chi connectivity index (χ3v) is 3.19. The molecule has 2 N–H and O–H groups in total. The second-order valence-electron chi connectivity index (χ2n) is 4.55. The van der Waals surface area contributed by atoms with Crippen molar-refractivity contribution in [1.29, 1.82) is 0 Å². The fraction of sp³-hybridized carbons (Fsp3) is 0.538. The SMILES string of the molecule is CCOC(=O)c1c(NC(=O)N2CCCC2)c[nH]c1C. The predicted octanol–water partition coefficient (Wildman–Crippen LogP) is 2.13. The highest BCUT2D eigenvalue weighted by Crippen LogP contribution is 2.21. The smallest absolute Gasteiger partial charge is 0.342 e. The quantitative estimate of drug-likeness (QED) is 0.822. The van der Waals surface area contributed by atoms with E-state index in [4.69, 9.17) is 4.74 Å². The molecular weight excluding hydrogens is 246 g/mol. The van der Waals surface area contributed by atoms with Crippen LogP contribution in [-0.4, -0.2) is 41.6 Å². The van der Waals surface area contributed by atoms with Crippen LogP contribution in [0.3, 0.4) is 0 Å². The Morgan fingerprint density at radius 2 is 2.11 bits per heavy atom. The number of carbonyl (C=O) groups is 2. The first-order valence-electron chi connectivity index (χ1n) is 6.54. The van der Waals surface area contributed by atoms with Crippen LogP contribution in [0, 0.1) is 6.92 Å². The normalized spacial score (nSPS) is 14.5. The number of aromatic nitrogens is 1. The number of nitrogens with zero attached hydrogens (tertiary/aromatic N) is 1. The standard InChI is InChI=1S/C13H19N3O3/c1-3-19-12(17)11-9(2)14-8-10(11)15-13(18)16-6-4-5-7-16/h8,14H,3-7H2,1-2H3,(H,15,18). The molecular formula is C13H19N3O3. The minimum absolute atomic E-state index is 0.165. The molecule has 6 nitrogen and oxygen atoms in total. The van der Waals surface area contributed by atoms with E-state index in [9.17, 15) is 9.59 Å². The molecule has 2 amide bonds. The van der Waals surface area contributed by atoms with Crippen LogP contribution in [0.5, 0.6) is 0 Å². The Kier molecular flexibility index (Phi) is 4.09. The lowest BCUT2D eigenvalue weighted by Crippen LogP contribution is -2.32. The summed E-state index contributed by atoms with van der Waals surface area (Å²) in [4.78, 5) is 28.5. The van der Waals surface area contributed by atoms with E-state index in [0.29, 0.717) is 23.6 Å². The predicted molar refractivity (Wildman–Crippen MR) is 71.3 cm³/mol. The summed E-state index contributed by atoms with van der Waals surface area (Å²) >= 11 is 0. The first-order valence-corrected chi connectivity index (χ1v) is 6.54. The van der Waals surface area contributed by atoms with Gasteiger partial charge in [0.1, 0.15) is 5.56 Å². The molecule has 0 atom stereocenters. The maximum absolute atomic E-state index is 12.0. The van der Waals surface area contributed by atoms with Crippen molar-refractivity contribution in [3.63, 3.8) is 0 Å². The van der Waals surface area contributed by atoms with Gasteiger partial charge in [0.2, 0.25) is 0 Å². The molecule has 1 aromatic heterocycles. The van der Waals surface area contributed by atoms with Crippen molar-refractivity contribution < 1.29 is 14.3 Å². The van der Waals surface area contributed by atoms with Crippen molar-refractivity contribution >= 4 is 17.7 Å². The van der Waals surface area contributed by atoms with Gasteiger partial charge in [0.05, 0.1) is 12.3 Å². The summed E-state index contributed by atoms with van der Waals surface area (Å²) in [5, 5.41) is 2.77. The number of hydrogen-bond donors (Lipinski definition) is 2. The lowest BCUT2D eigenvalue weighted by atomic mass is 10.2. The van der Waals surface area contributed by atoms with Gasteiger partial charge in [0.25, 0.3) is 0 Å². The first kappa shape index (κ1) is 13.5. The number of urea groups is 1. The van der Waals surface area contributed by atoms with Crippen molar-refractivity contribution in [3.05, 3.63) is 17.5 Å². The fourth-order valence-corrected chi connectivity index (χ4v) is 2.21. The van der Waals surface area contributed by atoms with E-state index in [-0.39, 0.29) is 6.03 Å². The van der Waals surface area contributed by atoms with E-state index in [1.54, 1.807) is 24.9 Å². The van der Waals surface area contributed by atoms with E-state index in [1.165, 1.54) is 0 Å². The fourth-order valence-electron chi connectivity index (χ4n) is 2.21. The Bertz CT molecular complexity index is 475. The van der Waals surface area contributed by atoms with Crippen molar-refractivity contribution in [3.8, 4) is 0 Å².